The van der Waals surface area contributed by atoms with Crippen LogP contribution in [0, 0.1) is 6.92 Å². The van der Waals surface area contributed by atoms with Gasteiger partial charge in [0.15, 0.2) is 0 Å². The molecule has 0 unspecified atom stereocenters. The molecule has 0 heterocycles. The van der Waals surface area contributed by atoms with Gasteiger partial charge in [-0.3, -0.25) is 0 Å². The first kappa shape index (κ1) is 18.1. The lowest BCUT2D eigenvalue weighted by Crippen LogP contribution is -2.14. The Morgan fingerprint density at radius 1 is 1.00 bits per heavy atom. The van der Waals surface area contributed by atoms with Crippen LogP contribution < -0.4 is 0 Å². The Labute approximate surface area is 136 Å². The van der Waals surface area contributed by atoms with E-state index in [-0.39, 0.29) is 5.41 Å². The molecule has 0 aliphatic heterocycles. The minimum Gasteiger partial charge on any atom is -0.125 e. The normalized spacial score (nSPS) is 13.2. The van der Waals surface area contributed by atoms with Crippen molar-refractivity contribution in [3.63, 3.8) is 0 Å². The summed E-state index contributed by atoms with van der Waals surface area (Å²) in [6, 6.07) is 4.58. The van der Waals surface area contributed by atoms with Crippen LogP contribution in [-0.4, -0.2) is 0 Å². The topological polar surface area (TPSA) is 0 Å². The van der Waals surface area contributed by atoms with Gasteiger partial charge in [-0.05, 0) is 60.1 Å². The second-order valence-electron chi connectivity index (χ2n) is 6.40. The molecule has 116 valence electrons. The number of rotatable bonds is 0. The van der Waals surface area contributed by atoms with Gasteiger partial charge < -0.3 is 0 Å². The molecule has 0 atom stereocenters. The third-order valence-corrected chi connectivity index (χ3v) is 3.91. The van der Waals surface area contributed by atoms with E-state index in [1.165, 1.54) is 33.4 Å². The molecule has 2 rings (SSSR count). The van der Waals surface area contributed by atoms with Gasteiger partial charge in [-0.25, -0.2) is 0 Å². The highest BCUT2D eigenvalue weighted by atomic mass is 14.3. The zero-order chi connectivity index (χ0) is 16.9. The predicted molar refractivity (Wildman–Crippen MR) is 99.1 cm³/mol. The number of benzene rings is 1. The second-order valence-corrected chi connectivity index (χ2v) is 6.40. The van der Waals surface area contributed by atoms with E-state index in [9.17, 15) is 0 Å². The molecule has 0 saturated heterocycles. The van der Waals surface area contributed by atoms with Crippen molar-refractivity contribution in [2.45, 2.75) is 59.8 Å². The molecular weight excluding hydrogens is 264 g/mol. The summed E-state index contributed by atoms with van der Waals surface area (Å²) < 4.78 is 0. The molecule has 1 aliphatic carbocycles. The van der Waals surface area contributed by atoms with E-state index in [0.717, 1.165) is 12.8 Å². The standard InChI is InChI=1S/C20H22.C2H6/c1-7-9-16-11-10-15(8-2)19-14(3)12-17(13-18(16)19)20(4,5)6;1-2/h12-13H,1-2,10-11H2,3-6H3;1-2H3. The zero-order valence-electron chi connectivity index (χ0n) is 15.0. The third kappa shape index (κ3) is 3.62. The summed E-state index contributed by atoms with van der Waals surface area (Å²) in [6.07, 6.45) is 1.93. The largest absolute Gasteiger partial charge is 0.125 e. The molecule has 0 amide bonds. The van der Waals surface area contributed by atoms with E-state index in [4.69, 9.17) is 0 Å². The molecule has 0 nitrogen and oxygen atoms in total. The summed E-state index contributed by atoms with van der Waals surface area (Å²) >= 11 is 0. The van der Waals surface area contributed by atoms with Crippen molar-refractivity contribution in [1.29, 1.82) is 0 Å². The fourth-order valence-corrected chi connectivity index (χ4v) is 2.78. The Bertz CT molecular complexity index is 688. The number of aryl methyl sites for hydroxylation is 1. The fraction of sp³-hybridized carbons (Fsp3) is 0.409. The highest BCUT2D eigenvalue weighted by Gasteiger charge is 2.23. The van der Waals surface area contributed by atoms with E-state index in [1.807, 2.05) is 13.8 Å². The van der Waals surface area contributed by atoms with Crippen molar-refractivity contribution in [1.82, 2.24) is 0 Å². The Morgan fingerprint density at radius 3 is 2.09 bits per heavy atom. The number of fused-ring (bicyclic) bond motifs is 1. The van der Waals surface area contributed by atoms with E-state index in [0.29, 0.717) is 0 Å². The molecule has 1 aliphatic rings. The van der Waals surface area contributed by atoms with E-state index in [2.05, 4.69) is 70.2 Å². The Morgan fingerprint density at radius 2 is 1.59 bits per heavy atom. The maximum absolute atomic E-state index is 3.85. The molecule has 0 saturated carbocycles. The van der Waals surface area contributed by atoms with E-state index < -0.39 is 0 Å². The highest BCUT2D eigenvalue weighted by Crippen LogP contribution is 2.40. The first-order chi connectivity index (χ1) is 10.4. The van der Waals surface area contributed by atoms with Crippen molar-refractivity contribution in [2.24, 2.45) is 0 Å². The summed E-state index contributed by atoms with van der Waals surface area (Å²) in [7, 11) is 0. The lowest BCUT2D eigenvalue weighted by Gasteiger charge is -2.27. The van der Waals surface area contributed by atoms with Crippen molar-refractivity contribution in [2.75, 3.05) is 0 Å². The monoisotopic (exact) mass is 292 g/mol. The van der Waals surface area contributed by atoms with Gasteiger partial charge in [0, 0.05) is 11.1 Å². The van der Waals surface area contributed by atoms with Crippen molar-refractivity contribution in [3.05, 3.63) is 64.7 Å². The smallest absolute Gasteiger partial charge is 0.0106 e. The van der Waals surface area contributed by atoms with E-state index >= 15 is 0 Å². The Kier molecular flexibility index (Phi) is 6.04. The third-order valence-electron chi connectivity index (χ3n) is 3.91. The lowest BCUT2D eigenvalue weighted by atomic mass is 9.77. The predicted octanol–water partition coefficient (Wildman–Crippen LogP) is 6.60. The van der Waals surface area contributed by atoms with Gasteiger partial charge in [0.25, 0.3) is 0 Å². The molecule has 1 aromatic rings. The molecule has 1 aromatic carbocycles. The summed E-state index contributed by atoms with van der Waals surface area (Å²) in [5, 5.41) is 0. The minimum absolute atomic E-state index is 0.137. The minimum atomic E-state index is 0.137. The van der Waals surface area contributed by atoms with Gasteiger partial charge in [0.2, 0.25) is 0 Å². The first-order valence-corrected chi connectivity index (χ1v) is 8.07. The van der Waals surface area contributed by atoms with Crippen LogP contribution in [0.5, 0.6) is 0 Å². The van der Waals surface area contributed by atoms with Crippen LogP contribution in [0.4, 0.5) is 0 Å². The SMILES string of the molecule is C=C=C=C1CCC(=C=C)c2c(C)cc(C(C)(C)C)cc21.CC. The molecule has 0 aromatic heterocycles. The average molecular weight is 292 g/mol. The molecule has 0 spiro atoms. The first-order valence-electron chi connectivity index (χ1n) is 8.07. The number of hydrogen-bond acceptors (Lipinski definition) is 0. The quantitative estimate of drug-likeness (QED) is 0.472. The van der Waals surface area contributed by atoms with Gasteiger partial charge in [-0.1, -0.05) is 58.7 Å². The molecule has 0 radical (unpaired) electrons. The maximum Gasteiger partial charge on any atom is 0.0106 e. The van der Waals surface area contributed by atoms with Crippen LogP contribution in [-0.2, 0) is 5.41 Å². The van der Waals surface area contributed by atoms with Crippen LogP contribution in [0.15, 0.2) is 42.5 Å². The van der Waals surface area contributed by atoms with E-state index in [1.54, 1.807) is 0 Å². The van der Waals surface area contributed by atoms with Crippen LogP contribution in [0.1, 0.15) is 69.7 Å². The fourth-order valence-electron chi connectivity index (χ4n) is 2.78. The average Bonchev–Trinajstić information content (AvgIpc) is 2.49. The highest BCUT2D eigenvalue weighted by molar-refractivity contribution is 5.85. The summed E-state index contributed by atoms with van der Waals surface area (Å²) in [5.41, 5.74) is 16.8. The molecule has 0 bridgehead atoms. The summed E-state index contributed by atoms with van der Waals surface area (Å²) in [6.45, 7) is 20.4. The van der Waals surface area contributed by atoms with Crippen LogP contribution in [0.25, 0.3) is 11.1 Å². The zero-order valence-corrected chi connectivity index (χ0v) is 15.0. The van der Waals surface area contributed by atoms with Crippen molar-refractivity contribution >= 4 is 11.1 Å². The lowest BCUT2D eigenvalue weighted by molar-refractivity contribution is 0.589. The Hall–Kier alpha value is -1.96. The number of hydrogen-bond donors (Lipinski definition) is 0. The summed E-state index contributed by atoms with van der Waals surface area (Å²) in [5.74, 6) is 0. The van der Waals surface area contributed by atoms with Gasteiger partial charge in [0.05, 0.1) is 0 Å². The Balaban J connectivity index is 0.00000116. The van der Waals surface area contributed by atoms with Gasteiger partial charge in [0.1, 0.15) is 0 Å². The van der Waals surface area contributed by atoms with Gasteiger partial charge in [-0.15, -0.1) is 5.73 Å². The molecule has 0 heteroatoms. The molecular formula is C22H28. The second kappa shape index (κ2) is 7.35. The van der Waals surface area contributed by atoms with Crippen LogP contribution in [0.2, 0.25) is 0 Å². The molecule has 0 fully saturated rings. The number of allylic oxidation sites excluding steroid dienone is 2. The molecule has 22 heavy (non-hydrogen) atoms. The van der Waals surface area contributed by atoms with Crippen LogP contribution in [0.3, 0.4) is 0 Å². The van der Waals surface area contributed by atoms with Gasteiger partial charge in [-0.2, -0.15) is 0 Å². The summed E-state index contributed by atoms with van der Waals surface area (Å²) in [4.78, 5) is 0. The van der Waals surface area contributed by atoms with Gasteiger partial charge >= 0.3 is 0 Å². The molecule has 0 N–H and O–H groups in total. The van der Waals surface area contributed by atoms with Crippen molar-refractivity contribution in [3.8, 4) is 0 Å². The maximum atomic E-state index is 3.85. The van der Waals surface area contributed by atoms with Crippen molar-refractivity contribution < 1.29 is 0 Å². The van der Waals surface area contributed by atoms with Crippen LogP contribution >= 0.6 is 0 Å².